The molecule has 3 aromatic rings. The van der Waals surface area contributed by atoms with E-state index in [-0.39, 0.29) is 6.04 Å². The monoisotopic (exact) mass is 301 g/mol. The number of thiazole rings is 1. The van der Waals surface area contributed by atoms with E-state index in [0.29, 0.717) is 0 Å². The molecule has 0 amide bonds. The van der Waals surface area contributed by atoms with E-state index < -0.39 is 0 Å². The average molecular weight is 301 g/mol. The van der Waals surface area contributed by atoms with Gasteiger partial charge in [0.1, 0.15) is 0 Å². The summed E-state index contributed by atoms with van der Waals surface area (Å²) in [5, 5.41) is 13.9. The maximum Gasteiger partial charge on any atom is 0.193 e. The Morgan fingerprint density at radius 3 is 2.95 bits per heavy atom. The van der Waals surface area contributed by atoms with Crippen molar-refractivity contribution in [2.45, 2.75) is 32.7 Å². The summed E-state index contributed by atoms with van der Waals surface area (Å²) in [6.07, 6.45) is 5.88. The Kier molecular flexibility index (Phi) is 3.98. The second-order valence-electron chi connectivity index (χ2n) is 5.11. The van der Waals surface area contributed by atoms with Crippen LogP contribution in [0.15, 0.2) is 23.8 Å². The smallest absolute Gasteiger partial charge is 0.193 e. The average Bonchev–Trinajstić information content (AvgIpc) is 3.05. The number of aromatic nitrogens is 4. The van der Waals surface area contributed by atoms with Crippen molar-refractivity contribution < 1.29 is 0 Å². The van der Waals surface area contributed by atoms with Gasteiger partial charge in [-0.25, -0.2) is 4.98 Å². The SMILES string of the molecule is CCc1nnc(C)cc1C(Cc1cn2ccsc2n1)NC. The standard InChI is InChI=1S/C15H19N5S/c1-4-13-12(7-10(2)18-19-13)14(16-3)8-11-9-20-5-6-21-15(20)17-11/h5-7,9,14,16H,4,8H2,1-3H3. The van der Waals surface area contributed by atoms with Crippen LogP contribution in [0.1, 0.15) is 35.6 Å². The normalized spacial score (nSPS) is 12.9. The number of likely N-dealkylation sites (N-methyl/N-ethyl adjacent to an activating group) is 1. The van der Waals surface area contributed by atoms with Crippen molar-refractivity contribution in [3.63, 3.8) is 0 Å². The minimum atomic E-state index is 0.207. The molecule has 21 heavy (non-hydrogen) atoms. The summed E-state index contributed by atoms with van der Waals surface area (Å²) in [5.41, 5.74) is 4.33. The molecule has 0 aliphatic heterocycles. The van der Waals surface area contributed by atoms with Crippen LogP contribution < -0.4 is 5.32 Å². The molecule has 3 heterocycles. The predicted octanol–water partition coefficient (Wildman–Crippen LogP) is 2.56. The lowest BCUT2D eigenvalue weighted by molar-refractivity contribution is 0.573. The van der Waals surface area contributed by atoms with Gasteiger partial charge in [-0.15, -0.1) is 11.3 Å². The number of nitrogens with one attached hydrogen (secondary N) is 1. The zero-order valence-electron chi connectivity index (χ0n) is 12.5. The van der Waals surface area contributed by atoms with Crippen LogP contribution in [0.2, 0.25) is 0 Å². The van der Waals surface area contributed by atoms with Crippen LogP contribution in [-0.2, 0) is 12.8 Å². The summed E-state index contributed by atoms with van der Waals surface area (Å²) in [6, 6.07) is 2.34. The lowest BCUT2D eigenvalue weighted by Crippen LogP contribution is -2.21. The molecule has 6 heteroatoms. The Morgan fingerprint density at radius 2 is 2.24 bits per heavy atom. The lowest BCUT2D eigenvalue weighted by atomic mass is 9.99. The molecule has 0 bridgehead atoms. The third kappa shape index (κ3) is 2.82. The molecule has 110 valence electrons. The molecule has 0 aliphatic rings. The van der Waals surface area contributed by atoms with E-state index >= 15 is 0 Å². The highest BCUT2D eigenvalue weighted by Crippen LogP contribution is 2.22. The van der Waals surface area contributed by atoms with Crippen LogP contribution in [-0.4, -0.2) is 26.6 Å². The van der Waals surface area contributed by atoms with Crippen molar-refractivity contribution in [1.82, 2.24) is 24.9 Å². The van der Waals surface area contributed by atoms with Gasteiger partial charge in [0.25, 0.3) is 0 Å². The number of rotatable bonds is 5. The molecule has 0 aliphatic carbocycles. The van der Waals surface area contributed by atoms with Crippen LogP contribution in [0.3, 0.4) is 0 Å². The fourth-order valence-electron chi connectivity index (χ4n) is 2.56. The molecule has 0 spiro atoms. The largest absolute Gasteiger partial charge is 0.313 e. The topological polar surface area (TPSA) is 55.1 Å². The van der Waals surface area contributed by atoms with E-state index in [4.69, 9.17) is 0 Å². The zero-order chi connectivity index (χ0) is 14.8. The van der Waals surface area contributed by atoms with Gasteiger partial charge in [0.2, 0.25) is 0 Å². The van der Waals surface area contributed by atoms with Crippen molar-refractivity contribution in [2.75, 3.05) is 7.05 Å². The fourth-order valence-corrected chi connectivity index (χ4v) is 3.28. The van der Waals surface area contributed by atoms with Gasteiger partial charge in [0.05, 0.1) is 17.1 Å². The Morgan fingerprint density at radius 1 is 1.38 bits per heavy atom. The fraction of sp³-hybridized carbons (Fsp3) is 0.400. The molecule has 3 aromatic heterocycles. The van der Waals surface area contributed by atoms with E-state index in [1.165, 1.54) is 5.56 Å². The summed E-state index contributed by atoms with van der Waals surface area (Å²) in [5.74, 6) is 0. The first-order valence-corrected chi connectivity index (χ1v) is 8.00. The van der Waals surface area contributed by atoms with E-state index in [2.05, 4.69) is 44.1 Å². The van der Waals surface area contributed by atoms with Gasteiger partial charge < -0.3 is 5.32 Å². The van der Waals surface area contributed by atoms with Crippen molar-refractivity contribution in [3.8, 4) is 0 Å². The number of aryl methyl sites for hydroxylation is 2. The predicted molar refractivity (Wildman–Crippen MR) is 84.7 cm³/mol. The summed E-state index contributed by atoms with van der Waals surface area (Å²) in [6.45, 7) is 4.09. The van der Waals surface area contributed by atoms with E-state index in [9.17, 15) is 0 Å². The van der Waals surface area contributed by atoms with Crippen LogP contribution in [0, 0.1) is 6.92 Å². The summed E-state index contributed by atoms with van der Waals surface area (Å²) in [7, 11) is 1.98. The van der Waals surface area contributed by atoms with Gasteiger partial charge in [0.15, 0.2) is 4.96 Å². The highest BCUT2D eigenvalue weighted by molar-refractivity contribution is 7.15. The first-order chi connectivity index (χ1) is 10.2. The summed E-state index contributed by atoms with van der Waals surface area (Å²) in [4.78, 5) is 5.71. The van der Waals surface area contributed by atoms with Gasteiger partial charge in [-0.2, -0.15) is 10.2 Å². The van der Waals surface area contributed by atoms with Crippen molar-refractivity contribution in [1.29, 1.82) is 0 Å². The van der Waals surface area contributed by atoms with E-state index in [1.807, 2.05) is 25.5 Å². The maximum absolute atomic E-state index is 4.67. The van der Waals surface area contributed by atoms with E-state index in [0.717, 1.165) is 34.9 Å². The van der Waals surface area contributed by atoms with Crippen molar-refractivity contribution >= 4 is 16.3 Å². The van der Waals surface area contributed by atoms with Crippen LogP contribution in [0.5, 0.6) is 0 Å². The van der Waals surface area contributed by atoms with E-state index in [1.54, 1.807) is 11.3 Å². The molecule has 0 saturated heterocycles. The minimum absolute atomic E-state index is 0.207. The van der Waals surface area contributed by atoms with Gasteiger partial charge in [-0.05, 0) is 32.0 Å². The van der Waals surface area contributed by atoms with Crippen LogP contribution >= 0.6 is 11.3 Å². The molecule has 0 saturated carbocycles. The number of hydrogen-bond donors (Lipinski definition) is 1. The first-order valence-electron chi connectivity index (χ1n) is 7.12. The highest BCUT2D eigenvalue weighted by atomic mass is 32.1. The molecule has 1 atom stereocenters. The van der Waals surface area contributed by atoms with Crippen molar-refractivity contribution in [3.05, 3.63) is 46.5 Å². The molecule has 0 radical (unpaired) electrons. The second kappa shape index (κ2) is 5.91. The Balaban J connectivity index is 1.91. The third-order valence-electron chi connectivity index (χ3n) is 3.64. The van der Waals surface area contributed by atoms with Crippen LogP contribution in [0.4, 0.5) is 0 Å². The molecule has 0 fully saturated rings. The molecular weight excluding hydrogens is 282 g/mol. The van der Waals surface area contributed by atoms with Crippen LogP contribution in [0.25, 0.3) is 4.96 Å². The molecule has 5 nitrogen and oxygen atoms in total. The molecule has 1 unspecified atom stereocenters. The quantitative estimate of drug-likeness (QED) is 0.787. The first kappa shape index (κ1) is 14.2. The second-order valence-corrected chi connectivity index (χ2v) is 5.98. The number of hydrogen-bond acceptors (Lipinski definition) is 5. The molecule has 0 aromatic carbocycles. The summed E-state index contributed by atoms with van der Waals surface area (Å²) < 4.78 is 2.07. The zero-order valence-corrected chi connectivity index (χ0v) is 13.3. The van der Waals surface area contributed by atoms with Crippen molar-refractivity contribution in [2.24, 2.45) is 0 Å². The highest BCUT2D eigenvalue weighted by Gasteiger charge is 2.17. The van der Waals surface area contributed by atoms with Gasteiger partial charge in [0, 0.05) is 30.2 Å². The van der Waals surface area contributed by atoms with Gasteiger partial charge in [-0.3, -0.25) is 4.40 Å². The number of nitrogens with zero attached hydrogens (tertiary/aromatic N) is 4. The molecule has 1 N–H and O–H groups in total. The van der Waals surface area contributed by atoms with Gasteiger partial charge >= 0.3 is 0 Å². The molecular formula is C15H19N5S. The lowest BCUT2D eigenvalue weighted by Gasteiger charge is -2.18. The maximum atomic E-state index is 4.67. The third-order valence-corrected chi connectivity index (χ3v) is 4.41. The molecule has 3 rings (SSSR count). The Bertz CT molecular complexity index is 717. The Hall–Kier alpha value is -1.79. The van der Waals surface area contributed by atoms with Gasteiger partial charge in [-0.1, -0.05) is 6.92 Å². The number of fused-ring (bicyclic) bond motifs is 1. The Labute approximate surface area is 128 Å². The summed E-state index contributed by atoms with van der Waals surface area (Å²) >= 11 is 1.66. The number of imidazole rings is 1. The minimum Gasteiger partial charge on any atom is -0.313 e.